The molecule has 2 rings (SSSR count). The van der Waals surface area contributed by atoms with Crippen molar-refractivity contribution in [3.05, 3.63) is 34.6 Å². The predicted molar refractivity (Wildman–Crippen MR) is 60.4 cm³/mol. The Morgan fingerprint density at radius 2 is 2.18 bits per heavy atom. The molecule has 0 saturated heterocycles. The minimum atomic E-state index is -1.14. The number of carbonyl (C=O) groups is 1. The van der Waals surface area contributed by atoms with Crippen molar-refractivity contribution in [2.75, 3.05) is 0 Å². The first kappa shape index (κ1) is 12.3. The Bertz CT molecular complexity index is 435. The third kappa shape index (κ3) is 2.42. The number of carboxylic acid groups (broad SMARTS) is 1. The summed E-state index contributed by atoms with van der Waals surface area (Å²) in [6, 6.07) is 4.32. The number of benzene rings is 1. The van der Waals surface area contributed by atoms with Crippen LogP contribution in [0.4, 0.5) is 4.39 Å². The SMILES string of the molecule is O=C(O)C1CC(O)(Cc2c(F)cccc2Cl)C1. The van der Waals surface area contributed by atoms with Crippen LogP contribution in [-0.4, -0.2) is 21.8 Å². The molecule has 0 amide bonds. The predicted octanol–water partition coefficient (Wildman–Crippen LogP) is 2.25. The van der Waals surface area contributed by atoms with Gasteiger partial charge in [-0.2, -0.15) is 0 Å². The molecular weight excluding hydrogens is 247 g/mol. The maximum atomic E-state index is 13.5. The van der Waals surface area contributed by atoms with Crippen LogP contribution >= 0.6 is 11.6 Å². The van der Waals surface area contributed by atoms with Gasteiger partial charge in [0.05, 0.1) is 11.5 Å². The summed E-state index contributed by atoms with van der Waals surface area (Å²) in [6.45, 7) is 0. The molecule has 1 aromatic rings. The zero-order valence-electron chi connectivity index (χ0n) is 8.99. The third-order valence-electron chi connectivity index (χ3n) is 3.17. The van der Waals surface area contributed by atoms with Crippen molar-refractivity contribution in [1.29, 1.82) is 0 Å². The second-order valence-corrected chi connectivity index (χ2v) is 4.95. The molecule has 5 heteroatoms. The van der Waals surface area contributed by atoms with Crippen LogP contribution in [0.15, 0.2) is 18.2 Å². The fourth-order valence-corrected chi connectivity index (χ4v) is 2.44. The minimum absolute atomic E-state index is 0.0578. The van der Waals surface area contributed by atoms with E-state index >= 15 is 0 Å². The highest BCUT2D eigenvalue weighted by Gasteiger charge is 2.46. The second-order valence-electron chi connectivity index (χ2n) is 4.54. The van der Waals surface area contributed by atoms with Crippen LogP contribution in [0.1, 0.15) is 18.4 Å². The van der Waals surface area contributed by atoms with Gasteiger partial charge in [-0.3, -0.25) is 4.79 Å². The minimum Gasteiger partial charge on any atom is -0.481 e. The molecule has 0 spiro atoms. The van der Waals surface area contributed by atoms with Gasteiger partial charge in [0.15, 0.2) is 0 Å². The van der Waals surface area contributed by atoms with E-state index < -0.39 is 23.3 Å². The van der Waals surface area contributed by atoms with Gasteiger partial charge < -0.3 is 10.2 Å². The zero-order chi connectivity index (χ0) is 12.6. The topological polar surface area (TPSA) is 57.5 Å². The Kier molecular flexibility index (Phi) is 3.10. The summed E-state index contributed by atoms with van der Waals surface area (Å²) in [4.78, 5) is 10.6. The molecule has 1 aromatic carbocycles. The molecule has 92 valence electrons. The Morgan fingerprint density at radius 3 is 2.71 bits per heavy atom. The van der Waals surface area contributed by atoms with Gasteiger partial charge in [-0.15, -0.1) is 0 Å². The molecule has 1 fully saturated rings. The van der Waals surface area contributed by atoms with Gasteiger partial charge >= 0.3 is 5.97 Å². The summed E-state index contributed by atoms with van der Waals surface area (Å²) >= 11 is 5.85. The lowest BCUT2D eigenvalue weighted by Gasteiger charge is -2.41. The van der Waals surface area contributed by atoms with E-state index in [1.54, 1.807) is 6.07 Å². The van der Waals surface area contributed by atoms with Gasteiger partial charge in [0.25, 0.3) is 0 Å². The van der Waals surface area contributed by atoms with E-state index in [0.29, 0.717) is 0 Å². The number of hydrogen-bond donors (Lipinski definition) is 2. The van der Waals surface area contributed by atoms with E-state index in [1.807, 2.05) is 0 Å². The summed E-state index contributed by atoms with van der Waals surface area (Å²) in [5.41, 5.74) is -0.893. The van der Waals surface area contributed by atoms with Crippen molar-refractivity contribution in [3.63, 3.8) is 0 Å². The normalized spacial score (nSPS) is 27.6. The van der Waals surface area contributed by atoms with Gasteiger partial charge in [-0.25, -0.2) is 4.39 Å². The maximum absolute atomic E-state index is 13.5. The molecule has 3 nitrogen and oxygen atoms in total. The molecule has 0 bridgehead atoms. The lowest BCUT2D eigenvalue weighted by Crippen LogP contribution is -2.48. The van der Waals surface area contributed by atoms with Crippen LogP contribution in [0.25, 0.3) is 0 Å². The Morgan fingerprint density at radius 1 is 1.53 bits per heavy atom. The summed E-state index contributed by atoms with van der Waals surface area (Å²) < 4.78 is 13.5. The van der Waals surface area contributed by atoms with Gasteiger partial charge in [0, 0.05) is 17.0 Å². The van der Waals surface area contributed by atoms with Crippen LogP contribution < -0.4 is 0 Å². The molecule has 0 aromatic heterocycles. The first-order valence-corrected chi connectivity index (χ1v) is 5.67. The van der Waals surface area contributed by atoms with Gasteiger partial charge in [-0.05, 0) is 25.0 Å². The van der Waals surface area contributed by atoms with Crippen LogP contribution in [0.2, 0.25) is 5.02 Å². The molecule has 1 saturated carbocycles. The van der Waals surface area contributed by atoms with E-state index in [1.165, 1.54) is 12.1 Å². The van der Waals surface area contributed by atoms with Crippen LogP contribution in [-0.2, 0) is 11.2 Å². The Balaban J connectivity index is 2.10. The number of hydrogen-bond acceptors (Lipinski definition) is 2. The number of aliphatic hydroxyl groups is 1. The summed E-state index contributed by atoms with van der Waals surface area (Å²) in [5.74, 6) is -1.93. The number of rotatable bonds is 3. The largest absolute Gasteiger partial charge is 0.481 e. The number of halogens is 2. The molecule has 1 aliphatic rings. The van der Waals surface area contributed by atoms with E-state index in [-0.39, 0.29) is 29.8 Å². The highest BCUT2D eigenvalue weighted by molar-refractivity contribution is 6.31. The molecular formula is C12H12ClFO3. The van der Waals surface area contributed by atoms with Crippen molar-refractivity contribution in [1.82, 2.24) is 0 Å². The quantitative estimate of drug-likeness (QED) is 0.874. The van der Waals surface area contributed by atoms with Crippen molar-refractivity contribution in [2.24, 2.45) is 5.92 Å². The van der Waals surface area contributed by atoms with Gasteiger partial charge in [0.1, 0.15) is 5.82 Å². The lowest BCUT2D eigenvalue weighted by molar-refractivity contribution is -0.158. The molecule has 17 heavy (non-hydrogen) atoms. The third-order valence-corrected chi connectivity index (χ3v) is 3.52. The molecule has 0 aliphatic heterocycles. The van der Waals surface area contributed by atoms with E-state index in [2.05, 4.69) is 0 Å². The van der Waals surface area contributed by atoms with E-state index in [4.69, 9.17) is 16.7 Å². The van der Waals surface area contributed by atoms with Gasteiger partial charge in [-0.1, -0.05) is 17.7 Å². The van der Waals surface area contributed by atoms with Crippen molar-refractivity contribution in [3.8, 4) is 0 Å². The lowest BCUT2D eigenvalue weighted by atomic mass is 9.68. The van der Waals surface area contributed by atoms with Crippen LogP contribution in [0.5, 0.6) is 0 Å². The molecule has 0 radical (unpaired) electrons. The average Bonchev–Trinajstić information content (AvgIpc) is 2.19. The summed E-state index contributed by atoms with van der Waals surface area (Å²) in [5, 5.41) is 19.0. The van der Waals surface area contributed by atoms with Crippen LogP contribution in [0, 0.1) is 11.7 Å². The van der Waals surface area contributed by atoms with Crippen molar-refractivity contribution >= 4 is 17.6 Å². The van der Waals surface area contributed by atoms with E-state index in [9.17, 15) is 14.3 Å². The zero-order valence-corrected chi connectivity index (χ0v) is 9.75. The number of aliphatic carboxylic acids is 1. The Hall–Kier alpha value is -1.13. The van der Waals surface area contributed by atoms with Crippen LogP contribution in [0.3, 0.4) is 0 Å². The highest BCUT2D eigenvalue weighted by atomic mass is 35.5. The molecule has 1 aliphatic carbocycles. The maximum Gasteiger partial charge on any atom is 0.306 e. The first-order chi connectivity index (χ1) is 7.91. The molecule has 0 unspecified atom stereocenters. The standard InChI is InChI=1S/C12H12ClFO3/c13-9-2-1-3-10(14)8(9)6-12(17)4-7(5-12)11(15)16/h1-3,7,17H,4-6H2,(H,15,16). The van der Waals surface area contributed by atoms with Crippen molar-refractivity contribution < 1.29 is 19.4 Å². The monoisotopic (exact) mass is 258 g/mol. The summed E-state index contributed by atoms with van der Waals surface area (Å²) in [7, 11) is 0. The molecule has 2 N–H and O–H groups in total. The second kappa shape index (κ2) is 4.27. The Labute approximate surface area is 103 Å². The molecule has 0 atom stereocenters. The van der Waals surface area contributed by atoms with Gasteiger partial charge in [0.2, 0.25) is 0 Å². The summed E-state index contributed by atoms with van der Waals surface area (Å²) in [6.07, 6.45) is 0.349. The average molecular weight is 259 g/mol. The first-order valence-electron chi connectivity index (χ1n) is 5.29. The molecule has 0 heterocycles. The van der Waals surface area contributed by atoms with E-state index in [0.717, 1.165) is 0 Å². The fraction of sp³-hybridized carbons (Fsp3) is 0.417. The number of carboxylic acids is 1. The van der Waals surface area contributed by atoms with Crippen molar-refractivity contribution in [2.45, 2.75) is 24.9 Å². The highest BCUT2D eigenvalue weighted by Crippen LogP contribution is 2.41. The smallest absolute Gasteiger partial charge is 0.306 e. The fourth-order valence-electron chi connectivity index (χ4n) is 2.21.